The van der Waals surface area contributed by atoms with Crippen LogP contribution in [0.1, 0.15) is 18.2 Å². The highest BCUT2D eigenvalue weighted by atomic mass is 16.5. The predicted octanol–water partition coefficient (Wildman–Crippen LogP) is 2.65. The second-order valence-electron chi connectivity index (χ2n) is 5.44. The van der Waals surface area contributed by atoms with Crippen molar-refractivity contribution in [3.8, 4) is 11.4 Å². The van der Waals surface area contributed by atoms with Crippen molar-refractivity contribution < 1.29 is 9.32 Å². The minimum Gasteiger partial charge on any atom is -0.339 e. The fraction of sp³-hybridized carbons (Fsp3) is 0.176. The summed E-state index contributed by atoms with van der Waals surface area (Å²) in [7, 11) is 0. The molecule has 114 valence electrons. The summed E-state index contributed by atoms with van der Waals surface area (Å²) in [6.07, 6.45) is 3.76. The third kappa shape index (κ3) is 2.59. The molecular formula is C17H14N4O2. The van der Waals surface area contributed by atoms with Gasteiger partial charge in [0.2, 0.25) is 17.6 Å². The highest BCUT2D eigenvalue weighted by molar-refractivity contribution is 5.96. The number of para-hydroxylation sites is 1. The van der Waals surface area contributed by atoms with Crippen molar-refractivity contribution in [2.45, 2.75) is 12.3 Å². The smallest absolute Gasteiger partial charge is 0.232 e. The predicted molar refractivity (Wildman–Crippen MR) is 83.7 cm³/mol. The minimum atomic E-state index is -0.0828. The molecule has 4 rings (SSSR count). The molecule has 3 heterocycles. The highest BCUT2D eigenvalue weighted by Crippen LogP contribution is 2.31. The van der Waals surface area contributed by atoms with Gasteiger partial charge in [-0.1, -0.05) is 23.4 Å². The maximum Gasteiger partial charge on any atom is 0.232 e. The van der Waals surface area contributed by atoms with Crippen LogP contribution in [0.3, 0.4) is 0 Å². The standard InChI is InChI=1S/C17H14N4O2/c22-15-9-13(11-21(15)14-6-2-1-3-7-14)17-19-16(20-23-17)12-5-4-8-18-10-12/h1-8,10,13H,9,11H2/t13-/m1/s1. The highest BCUT2D eigenvalue weighted by Gasteiger charge is 2.35. The molecule has 0 unspecified atom stereocenters. The SMILES string of the molecule is O=C1C[C@@H](c2nc(-c3cccnc3)no2)CN1c1ccccc1. The van der Waals surface area contributed by atoms with Crippen molar-refractivity contribution in [2.24, 2.45) is 0 Å². The van der Waals surface area contributed by atoms with Crippen molar-refractivity contribution in [1.29, 1.82) is 0 Å². The molecule has 0 N–H and O–H groups in total. The molecule has 1 atom stereocenters. The topological polar surface area (TPSA) is 72.1 Å². The van der Waals surface area contributed by atoms with Gasteiger partial charge in [0.1, 0.15) is 0 Å². The van der Waals surface area contributed by atoms with E-state index in [2.05, 4.69) is 15.1 Å². The molecule has 23 heavy (non-hydrogen) atoms. The molecule has 1 amide bonds. The van der Waals surface area contributed by atoms with Crippen LogP contribution in [0.5, 0.6) is 0 Å². The number of benzene rings is 1. The number of hydrogen-bond donors (Lipinski definition) is 0. The Morgan fingerprint density at radius 3 is 2.78 bits per heavy atom. The molecule has 0 saturated carbocycles. The lowest BCUT2D eigenvalue weighted by Crippen LogP contribution is -2.24. The van der Waals surface area contributed by atoms with Gasteiger partial charge >= 0.3 is 0 Å². The Bertz CT molecular complexity index is 817. The van der Waals surface area contributed by atoms with Crippen LogP contribution in [0, 0.1) is 0 Å². The van der Waals surface area contributed by atoms with Gasteiger partial charge in [-0.3, -0.25) is 9.78 Å². The Kier molecular flexibility index (Phi) is 3.34. The summed E-state index contributed by atoms with van der Waals surface area (Å²) in [6, 6.07) is 13.3. The van der Waals surface area contributed by atoms with Gasteiger partial charge in [-0.05, 0) is 24.3 Å². The van der Waals surface area contributed by atoms with Gasteiger partial charge in [-0.2, -0.15) is 4.98 Å². The van der Waals surface area contributed by atoms with Gasteiger partial charge in [0.15, 0.2) is 0 Å². The lowest BCUT2D eigenvalue weighted by atomic mass is 10.1. The zero-order valence-corrected chi connectivity index (χ0v) is 12.3. The number of pyridine rings is 1. The Morgan fingerprint density at radius 2 is 2.00 bits per heavy atom. The van der Waals surface area contributed by atoms with Crippen molar-refractivity contribution >= 4 is 11.6 Å². The van der Waals surface area contributed by atoms with Crippen molar-refractivity contribution in [2.75, 3.05) is 11.4 Å². The quantitative estimate of drug-likeness (QED) is 0.744. The Hall–Kier alpha value is -3.02. The Balaban J connectivity index is 1.56. The third-order valence-electron chi connectivity index (χ3n) is 3.90. The normalized spacial score (nSPS) is 17.7. The molecule has 2 aromatic heterocycles. The number of anilines is 1. The van der Waals surface area contributed by atoms with E-state index in [-0.39, 0.29) is 11.8 Å². The average molecular weight is 306 g/mol. The van der Waals surface area contributed by atoms with E-state index in [1.54, 1.807) is 17.3 Å². The van der Waals surface area contributed by atoms with Gasteiger partial charge in [0.25, 0.3) is 0 Å². The maximum absolute atomic E-state index is 12.3. The largest absolute Gasteiger partial charge is 0.339 e. The molecule has 1 aliphatic rings. The van der Waals surface area contributed by atoms with E-state index in [0.29, 0.717) is 24.7 Å². The summed E-state index contributed by atoms with van der Waals surface area (Å²) in [5.41, 5.74) is 1.69. The number of carbonyl (C=O) groups is 1. The first kappa shape index (κ1) is 13.6. The zero-order chi connectivity index (χ0) is 15.6. The van der Waals surface area contributed by atoms with Gasteiger partial charge in [-0.15, -0.1) is 0 Å². The number of nitrogens with zero attached hydrogens (tertiary/aromatic N) is 4. The number of aromatic nitrogens is 3. The van der Waals surface area contributed by atoms with Crippen LogP contribution in [0.25, 0.3) is 11.4 Å². The summed E-state index contributed by atoms with van der Waals surface area (Å²) < 4.78 is 5.37. The van der Waals surface area contributed by atoms with E-state index in [0.717, 1.165) is 11.3 Å². The van der Waals surface area contributed by atoms with Crippen molar-refractivity contribution in [3.63, 3.8) is 0 Å². The molecule has 1 aromatic carbocycles. The van der Waals surface area contributed by atoms with Gasteiger partial charge < -0.3 is 9.42 Å². The molecule has 0 aliphatic carbocycles. The lowest BCUT2D eigenvalue weighted by Gasteiger charge is -2.15. The molecule has 3 aromatic rings. The van der Waals surface area contributed by atoms with Crippen LogP contribution >= 0.6 is 0 Å². The molecule has 1 fully saturated rings. The van der Waals surface area contributed by atoms with Gasteiger partial charge in [0, 0.05) is 36.6 Å². The van der Waals surface area contributed by atoms with E-state index in [1.807, 2.05) is 42.5 Å². The van der Waals surface area contributed by atoms with Crippen LogP contribution in [0.4, 0.5) is 5.69 Å². The lowest BCUT2D eigenvalue weighted by molar-refractivity contribution is -0.117. The first-order valence-corrected chi connectivity index (χ1v) is 7.40. The van der Waals surface area contributed by atoms with E-state index in [1.165, 1.54) is 0 Å². The van der Waals surface area contributed by atoms with Crippen LogP contribution in [-0.2, 0) is 4.79 Å². The summed E-state index contributed by atoms with van der Waals surface area (Å²) >= 11 is 0. The van der Waals surface area contributed by atoms with Crippen LogP contribution in [0.2, 0.25) is 0 Å². The number of rotatable bonds is 3. The number of amides is 1. The summed E-state index contributed by atoms with van der Waals surface area (Å²) in [5.74, 6) is 0.984. The first-order valence-electron chi connectivity index (χ1n) is 7.40. The maximum atomic E-state index is 12.3. The molecular weight excluding hydrogens is 292 g/mol. The van der Waals surface area contributed by atoms with Crippen LogP contribution in [0.15, 0.2) is 59.4 Å². The molecule has 0 radical (unpaired) electrons. The van der Waals surface area contributed by atoms with E-state index >= 15 is 0 Å². The first-order chi connectivity index (χ1) is 11.3. The summed E-state index contributed by atoms with van der Waals surface area (Å²) in [5, 5.41) is 4.00. The van der Waals surface area contributed by atoms with E-state index in [9.17, 15) is 4.79 Å². The number of carbonyl (C=O) groups excluding carboxylic acids is 1. The molecule has 6 nitrogen and oxygen atoms in total. The van der Waals surface area contributed by atoms with Gasteiger partial charge in [-0.25, -0.2) is 0 Å². The number of hydrogen-bond acceptors (Lipinski definition) is 5. The molecule has 1 aliphatic heterocycles. The second-order valence-corrected chi connectivity index (χ2v) is 5.44. The third-order valence-corrected chi connectivity index (χ3v) is 3.90. The van der Waals surface area contributed by atoms with Gasteiger partial charge in [0.05, 0.1) is 5.92 Å². The molecule has 0 spiro atoms. The van der Waals surface area contributed by atoms with Crippen molar-refractivity contribution in [1.82, 2.24) is 15.1 Å². The van der Waals surface area contributed by atoms with Crippen LogP contribution < -0.4 is 4.90 Å². The summed E-state index contributed by atoms with van der Waals surface area (Å²) in [4.78, 5) is 22.5. The van der Waals surface area contributed by atoms with E-state index < -0.39 is 0 Å². The Morgan fingerprint density at radius 1 is 1.13 bits per heavy atom. The zero-order valence-electron chi connectivity index (χ0n) is 12.3. The monoisotopic (exact) mass is 306 g/mol. The fourth-order valence-corrected chi connectivity index (χ4v) is 2.74. The fourth-order valence-electron chi connectivity index (χ4n) is 2.74. The van der Waals surface area contributed by atoms with E-state index in [4.69, 9.17) is 4.52 Å². The minimum absolute atomic E-state index is 0.0716. The molecule has 6 heteroatoms. The second kappa shape index (κ2) is 5.64. The summed E-state index contributed by atoms with van der Waals surface area (Å²) in [6.45, 7) is 0.553. The van der Waals surface area contributed by atoms with Crippen LogP contribution in [-0.4, -0.2) is 27.6 Å². The average Bonchev–Trinajstić information content (AvgIpc) is 3.23. The molecule has 1 saturated heterocycles. The molecule has 0 bridgehead atoms. The van der Waals surface area contributed by atoms with Crippen molar-refractivity contribution in [3.05, 3.63) is 60.7 Å². The Labute approximate surface area is 132 Å².